The van der Waals surface area contributed by atoms with Gasteiger partial charge in [-0.25, -0.2) is 9.36 Å². The zero-order chi connectivity index (χ0) is 22.0. The topological polar surface area (TPSA) is 68.6 Å². The maximum absolute atomic E-state index is 13.0. The lowest BCUT2D eigenvalue weighted by Gasteiger charge is -2.47. The normalized spacial score (nSPS) is 17.3. The number of rotatable bonds is 6. The first-order valence-electron chi connectivity index (χ1n) is 11.4. The summed E-state index contributed by atoms with van der Waals surface area (Å²) in [7, 11) is 1.55. The van der Waals surface area contributed by atoms with Crippen LogP contribution >= 0.6 is 0 Å². The predicted molar refractivity (Wildman–Crippen MR) is 125 cm³/mol. The van der Waals surface area contributed by atoms with Crippen LogP contribution in [0.5, 0.6) is 6.01 Å². The van der Waals surface area contributed by atoms with Crippen LogP contribution < -0.4 is 15.0 Å². The van der Waals surface area contributed by atoms with E-state index in [2.05, 4.69) is 39.5 Å². The summed E-state index contributed by atoms with van der Waals surface area (Å²) in [6, 6.07) is 16.5. The number of piperidine rings is 1. The second-order valence-electron chi connectivity index (χ2n) is 8.91. The molecule has 1 N–H and O–H groups in total. The quantitative estimate of drug-likeness (QED) is 0.597. The smallest absolute Gasteiger partial charge is 0.330 e. The van der Waals surface area contributed by atoms with E-state index in [9.17, 15) is 4.79 Å². The molecule has 7 heteroatoms. The summed E-state index contributed by atoms with van der Waals surface area (Å²) >= 11 is 0. The van der Waals surface area contributed by atoms with Crippen LogP contribution in [-0.4, -0.2) is 55.5 Å². The lowest BCUT2D eigenvalue weighted by molar-refractivity contribution is -0.124. The maximum atomic E-state index is 13.0. The number of fused-ring (bicyclic) bond motifs is 1. The highest BCUT2D eigenvalue weighted by molar-refractivity contribution is 5.92. The van der Waals surface area contributed by atoms with Gasteiger partial charge in [-0.15, -0.1) is 0 Å². The van der Waals surface area contributed by atoms with Gasteiger partial charge in [0.2, 0.25) is 0 Å². The van der Waals surface area contributed by atoms with Crippen molar-refractivity contribution >= 4 is 22.8 Å². The minimum Gasteiger partial charge on any atom is -0.468 e. The SMILES string of the molecule is COc1nc2ccc(N3CCC4(CC3)COC4)cc2n1C(=O)NCCCc1ccccc1. The largest absolute Gasteiger partial charge is 0.468 e. The van der Waals surface area contributed by atoms with Crippen LogP contribution in [0.4, 0.5) is 10.5 Å². The second-order valence-corrected chi connectivity index (χ2v) is 8.91. The van der Waals surface area contributed by atoms with Crippen molar-refractivity contribution in [2.24, 2.45) is 5.41 Å². The van der Waals surface area contributed by atoms with Crippen molar-refractivity contribution < 1.29 is 14.3 Å². The lowest BCUT2D eigenvalue weighted by Crippen LogP contribution is -2.50. The summed E-state index contributed by atoms with van der Waals surface area (Å²) in [4.78, 5) is 19.9. The molecular weight excluding hydrogens is 404 g/mol. The zero-order valence-corrected chi connectivity index (χ0v) is 18.5. The van der Waals surface area contributed by atoms with Gasteiger partial charge in [-0.1, -0.05) is 30.3 Å². The fraction of sp³-hybridized carbons (Fsp3) is 0.440. The van der Waals surface area contributed by atoms with Gasteiger partial charge in [0.15, 0.2) is 0 Å². The Labute approximate surface area is 188 Å². The summed E-state index contributed by atoms with van der Waals surface area (Å²) in [5.41, 5.74) is 4.31. The molecule has 2 aromatic carbocycles. The molecular formula is C25H30N4O3. The molecule has 0 aliphatic carbocycles. The first-order chi connectivity index (χ1) is 15.7. The second kappa shape index (κ2) is 8.82. The molecule has 0 saturated carbocycles. The van der Waals surface area contributed by atoms with E-state index >= 15 is 0 Å². The molecule has 0 radical (unpaired) electrons. The van der Waals surface area contributed by atoms with Crippen LogP contribution in [0.15, 0.2) is 48.5 Å². The molecule has 2 fully saturated rings. The van der Waals surface area contributed by atoms with Crippen LogP contribution in [0.1, 0.15) is 24.8 Å². The number of ether oxygens (including phenoxy) is 2. The molecule has 32 heavy (non-hydrogen) atoms. The van der Waals surface area contributed by atoms with Crippen molar-refractivity contribution in [3.63, 3.8) is 0 Å². The molecule has 0 unspecified atom stereocenters. The van der Waals surface area contributed by atoms with E-state index in [0.717, 1.165) is 68.7 Å². The van der Waals surface area contributed by atoms with Gasteiger partial charge < -0.3 is 19.7 Å². The number of anilines is 1. The minimum absolute atomic E-state index is 0.209. The molecule has 2 aliphatic rings. The van der Waals surface area contributed by atoms with E-state index in [1.807, 2.05) is 24.3 Å². The van der Waals surface area contributed by atoms with Crippen LogP contribution in [0.2, 0.25) is 0 Å². The van der Waals surface area contributed by atoms with Crippen molar-refractivity contribution in [1.29, 1.82) is 0 Å². The van der Waals surface area contributed by atoms with Gasteiger partial charge in [-0.05, 0) is 49.4 Å². The van der Waals surface area contributed by atoms with Gasteiger partial charge in [-0.3, -0.25) is 0 Å². The highest BCUT2D eigenvalue weighted by Gasteiger charge is 2.41. The minimum atomic E-state index is -0.209. The average molecular weight is 435 g/mol. The Morgan fingerprint density at radius 2 is 1.94 bits per heavy atom. The van der Waals surface area contributed by atoms with Crippen LogP contribution in [0.3, 0.4) is 0 Å². The van der Waals surface area contributed by atoms with Gasteiger partial charge in [0, 0.05) is 30.7 Å². The number of hydrogen-bond donors (Lipinski definition) is 1. The average Bonchev–Trinajstić information content (AvgIpc) is 3.19. The van der Waals surface area contributed by atoms with Crippen molar-refractivity contribution in [1.82, 2.24) is 14.9 Å². The summed E-state index contributed by atoms with van der Waals surface area (Å²) in [5.74, 6) is 0. The van der Waals surface area contributed by atoms with E-state index in [4.69, 9.17) is 9.47 Å². The third-order valence-corrected chi connectivity index (χ3v) is 6.76. The third kappa shape index (κ3) is 4.05. The van der Waals surface area contributed by atoms with Crippen molar-refractivity contribution in [2.45, 2.75) is 25.7 Å². The zero-order valence-electron chi connectivity index (χ0n) is 18.5. The molecule has 168 valence electrons. The third-order valence-electron chi connectivity index (χ3n) is 6.76. The van der Waals surface area contributed by atoms with Crippen LogP contribution in [0, 0.1) is 5.41 Å². The fourth-order valence-electron chi connectivity index (χ4n) is 4.70. The summed E-state index contributed by atoms with van der Waals surface area (Å²) in [6.45, 7) is 4.40. The number of imidazole rings is 1. The molecule has 1 spiro atoms. The van der Waals surface area contributed by atoms with Crippen molar-refractivity contribution in [2.75, 3.05) is 44.9 Å². The molecule has 3 aromatic rings. The van der Waals surface area contributed by atoms with Crippen molar-refractivity contribution in [3.8, 4) is 6.01 Å². The molecule has 0 atom stereocenters. The highest BCUT2D eigenvalue weighted by atomic mass is 16.5. The Kier molecular flexibility index (Phi) is 5.74. The van der Waals surface area contributed by atoms with Gasteiger partial charge in [0.25, 0.3) is 0 Å². The van der Waals surface area contributed by atoms with Crippen molar-refractivity contribution in [3.05, 3.63) is 54.1 Å². The van der Waals surface area contributed by atoms with Crippen LogP contribution in [0.25, 0.3) is 11.0 Å². The first-order valence-corrected chi connectivity index (χ1v) is 11.4. The number of benzene rings is 2. The molecule has 7 nitrogen and oxygen atoms in total. The Morgan fingerprint density at radius 3 is 2.62 bits per heavy atom. The summed E-state index contributed by atoms with van der Waals surface area (Å²) in [6.07, 6.45) is 4.09. The summed E-state index contributed by atoms with van der Waals surface area (Å²) < 4.78 is 12.4. The lowest BCUT2D eigenvalue weighted by atomic mass is 9.77. The maximum Gasteiger partial charge on any atom is 0.330 e. The number of nitrogens with one attached hydrogen (secondary N) is 1. The van der Waals surface area contributed by atoms with Gasteiger partial charge in [0.05, 0.1) is 31.4 Å². The number of amides is 1. The standard InChI is InChI=1S/C25H30N4O3/c1-31-24-27-21-10-9-20(28-14-11-25(12-15-28)17-32-18-25)16-22(21)29(24)23(30)26-13-5-8-19-6-3-2-4-7-19/h2-4,6-7,9-10,16H,5,8,11-15,17-18H2,1H3,(H,26,30). The van der Waals surface area contributed by atoms with E-state index < -0.39 is 0 Å². The number of aromatic nitrogens is 2. The van der Waals surface area contributed by atoms with Gasteiger partial charge in [0.1, 0.15) is 0 Å². The summed E-state index contributed by atoms with van der Waals surface area (Å²) in [5, 5.41) is 3.02. The van der Waals surface area contributed by atoms with E-state index in [1.165, 1.54) is 5.56 Å². The number of hydrogen-bond acceptors (Lipinski definition) is 5. The molecule has 0 bridgehead atoms. The molecule has 5 rings (SSSR count). The Balaban J connectivity index is 1.29. The number of nitrogens with zero attached hydrogens (tertiary/aromatic N) is 3. The first kappa shape index (κ1) is 20.8. The number of carbonyl (C=O) groups excluding carboxylic acids is 1. The van der Waals surface area contributed by atoms with E-state index in [0.29, 0.717) is 18.0 Å². The Morgan fingerprint density at radius 1 is 1.16 bits per heavy atom. The number of carbonyl (C=O) groups is 1. The molecule has 2 saturated heterocycles. The number of aryl methyl sites for hydroxylation is 1. The van der Waals surface area contributed by atoms with E-state index in [-0.39, 0.29) is 6.03 Å². The molecule has 1 amide bonds. The van der Waals surface area contributed by atoms with Crippen LogP contribution in [-0.2, 0) is 11.2 Å². The molecule has 1 aromatic heterocycles. The van der Waals surface area contributed by atoms with Gasteiger partial charge >= 0.3 is 12.0 Å². The highest BCUT2D eigenvalue weighted by Crippen LogP contribution is 2.40. The predicted octanol–water partition coefficient (Wildman–Crippen LogP) is 3.85. The Bertz CT molecular complexity index is 1080. The van der Waals surface area contributed by atoms with E-state index in [1.54, 1.807) is 11.7 Å². The fourth-order valence-corrected chi connectivity index (χ4v) is 4.70. The monoisotopic (exact) mass is 434 g/mol. The Hall–Kier alpha value is -3.06. The number of methoxy groups -OCH3 is 1. The van der Waals surface area contributed by atoms with Gasteiger partial charge in [-0.2, -0.15) is 4.98 Å². The molecule has 3 heterocycles. The molecule has 2 aliphatic heterocycles.